The van der Waals surface area contributed by atoms with Crippen LogP contribution in [-0.4, -0.2) is 24.7 Å². The summed E-state index contributed by atoms with van der Waals surface area (Å²) in [5, 5.41) is 5.46. The summed E-state index contributed by atoms with van der Waals surface area (Å²) < 4.78 is 5.53. The van der Waals surface area contributed by atoms with E-state index in [2.05, 4.69) is 17.2 Å². The minimum absolute atomic E-state index is 0.714. The van der Waals surface area contributed by atoms with Crippen LogP contribution in [0.5, 0.6) is 0 Å². The quantitative estimate of drug-likeness (QED) is 0.592. The number of benzene rings is 1. The topological polar surface area (TPSA) is 60.2 Å². The molecule has 0 unspecified atom stereocenters. The number of anilines is 2. The van der Waals surface area contributed by atoms with Crippen LogP contribution in [-0.2, 0) is 4.74 Å². The molecule has 2 rings (SSSR count). The first-order valence-electron chi connectivity index (χ1n) is 6.76. The van der Waals surface area contributed by atoms with Crippen LogP contribution in [0.4, 0.5) is 11.4 Å². The van der Waals surface area contributed by atoms with Gasteiger partial charge in [-0.2, -0.15) is 0 Å². The Bertz CT molecular complexity index is 528. The SMILES string of the molecule is CCCCOCCNc1ccc(N)c2ccncc12. The lowest BCUT2D eigenvalue weighted by molar-refractivity contribution is 0.141. The molecular formula is C15H21N3O. The number of nitrogens with two attached hydrogens (primary N) is 1. The van der Waals surface area contributed by atoms with Crippen molar-refractivity contribution in [1.82, 2.24) is 4.98 Å². The number of aromatic nitrogens is 1. The van der Waals surface area contributed by atoms with E-state index in [4.69, 9.17) is 10.5 Å². The summed E-state index contributed by atoms with van der Waals surface area (Å²) in [6.07, 6.45) is 5.89. The highest BCUT2D eigenvalue weighted by Crippen LogP contribution is 2.27. The van der Waals surface area contributed by atoms with E-state index in [0.717, 1.165) is 41.7 Å². The molecule has 102 valence electrons. The number of nitrogens with zero attached hydrogens (tertiary/aromatic N) is 1. The summed E-state index contributed by atoms with van der Waals surface area (Å²) in [4.78, 5) is 4.16. The van der Waals surface area contributed by atoms with Crippen LogP contribution in [0, 0.1) is 0 Å². The third kappa shape index (κ3) is 3.58. The minimum Gasteiger partial charge on any atom is -0.398 e. The first kappa shape index (κ1) is 13.6. The van der Waals surface area contributed by atoms with Gasteiger partial charge in [0.25, 0.3) is 0 Å². The molecule has 0 bridgehead atoms. The van der Waals surface area contributed by atoms with Crippen LogP contribution in [0.3, 0.4) is 0 Å². The molecular weight excluding hydrogens is 238 g/mol. The average Bonchev–Trinajstić information content (AvgIpc) is 2.45. The van der Waals surface area contributed by atoms with Crippen molar-refractivity contribution in [2.75, 3.05) is 30.8 Å². The maximum atomic E-state index is 5.95. The van der Waals surface area contributed by atoms with E-state index in [9.17, 15) is 0 Å². The molecule has 19 heavy (non-hydrogen) atoms. The highest BCUT2D eigenvalue weighted by molar-refractivity contribution is 6.00. The Morgan fingerprint density at radius 1 is 1.21 bits per heavy atom. The molecule has 2 aromatic rings. The lowest BCUT2D eigenvalue weighted by Gasteiger charge is -2.11. The standard InChI is InChI=1S/C15H21N3O/c1-2-3-9-19-10-8-18-15-5-4-14(16)12-6-7-17-11-13(12)15/h4-7,11,18H,2-3,8-10,16H2,1H3. The fraction of sp³-hybridized carbons (Fsp3) is 0.400. The van der Waals surface area contributed by atoms with Gasteiger partial charge >= 0.3 is 0 Å². The van der Waals surface area contributed by atoms with Crippen molar-refractivity contribution in [3.8, 4) is 0 Å². The minimum atomic E-state index is 0.714. The second-order valence-corrected chi connectivity index (χ2v) is 4.52. The van der Waals surface area contributed by atoms with Crippen molar-refractivity contribution in [3.05, 3.63) is 30.6 Å². The maximum Gasteiger partial charge on any atom is 0.0639 e. The van der Waals surface area contributed by atoms with Gasteiger partial charge in [-0.05, 0) is 24.6 Å². The number of nitrogen functional groups attached to an aromatic ring is 1. The van der Waals surface area contributed by atoms with Crippen molar-refractivity contribution in [2.45, 2.75) is 19.8 Å². The molecule has 1 aromatic carbocycles. The second-order valence-electron chi connectivity index (χ2n) is 4.52. The molecule has 0 aliphatic carbocycles. The molecule has 0 fully saturated rings. The Labute approximate surface area is 114 Å². The monoisotopic (exact) mass is 259 g/mol. The molecule has 0 aliphatic heterocycles. The molecule has 1 heterocycles. The number of ether oxygens (including phenoxy) is 1. The first-order valence-corrected chi connectivity index (χ1v) is 6.76. The lowest BCUT2D eigenvalue weighted by Crippen LogP contribution is -2.10. The van der Waals surface area contributed by atoms with Gasteiger partial charge in [0, 0.05) is 47.7 Å². The zero-order valence-corrected chi connectivity index (χ0v) is 11.4. The van der Waals surface area contributed by atoms with Gasteiger partial charge in [0.15, 0.2) is 0 Å². The fourth-order valence-electron chi connectivity index (χ4n) is 1.97. The molecule has 0 aliphatic rings. The molecule has 0 atom stereocenters. The Kier molecular flexibility index (Phi) is 4.98. The third-order valence-electron chi connectivity index (χ3n) is 3.06. The number of hydrogen-bond acceptors (Lipinski definition) is 4. The van der Waals surface area contributed by atoms with Gasteiger partial charge in [0.1, 0.15) is 0 Å². The van der Waals surface area contributed by atoms with Crippen molar-refractivity contribution in [3.63, 3.8) is 0 Å². The van der Waals surface area contributed by atoms with E-state index >= 15 is 0 Å². The number of nitrogens with one attached hydrogen (secondary N) is 1. The van der Waals surface area contributed by atoms with Gasteiger partial charge in [0.2, 0.25) is 0 Å². The van der Waals surface area contributed by atoms with Gasteiger partial charge in [-0.15, -0.1) is 0 Å². The van der Waals surface area contributed by atoms with E-state index in [1.807, 2.05) is 24.4 Å². The van der Waals surface area contributed by atoms with E-state index in [0.29, 0.717) is 6.61 Å². The Morgan fingerprint density at radius 3 is 2.95 bits per heavy atom. The largest absolute Gasteiger partial charge is 0.398 e. The van der Waals surface area contributed by atoms with Crippen molar-refractivity contribution in [1.29, 1.82) is 0 Å². The third-order valence-corrected chi connectivity index (χ3v) is 3.06. The van der Waals surface area contributed by atoms with Gasteiger partial charge < -0.3 is 15.8 Å². The molecule has 0 amide bonds. The number of pyridine rings is 1. The van der Waals surface area contributed by atoms with E-state index in [1.54, 1.807) is 6.20 Å². The number of hydrogen-bond donors (Lipinski definition) is 2. The van der Waals surface area contributed by atoms with Crippen LogP contribution in [0.25, 0.3) is 10.8 Å². The van der Waals surface area contributed by atoms with Crippen LogP contribution in [0.2, 0.25) is 0 Å². The van der Waals surface area contributed by atoms with Crippen LogP contribution in [0.15, 0.2) is 30.6 Å². The first-order chi connectivity index (χ1) is 9.33. The summed E-state index contributed by atoms with van der Waals surface area (Å²) in [6.45, 7) is 4.50. The van der Waals surface area contributed by atoms with Crippen molar-refractivity contribution >= 4 is 22.1 Å². The van der Waals surface area contributed by atoms with Crippen LogP contribution >= 0.6 is 0 Å². The molecule has 0 spiro atoms. The van der Waals surface area contributed by atoms with Gasteiger partial charge in [0.05, 0.1) is 6.61 Å². The van der Waals surface area contributed by atoms with Crippen molar-refractivity contribution < 1.29 is 4.74 Å². The molecule has 1 aromatic heterocycles. The average molecular weight is 259 g/mol. The smallest absolute Gasteiger partial charge is 0.0639 e. The Balaban J connectivity index is 1.96. The van der Waals surface area contributed by atoms with E-state index < -0.39 is 0 Å². The number of fused-ring (bicyclic) bond motifs is 1. The maximum absolute atomic E-state index is 5.95. The normalized spacial score (nSPS) is 10.8. The summed E-state index contributed by atoms with van der Waals surface area (Å²) in [7, 11) is 0. The van der Waals surface area contributed by atoms with Gasteiger partial charge in [-0.3, -0.25) is 4.98 Å². The number of unbranched alkanes of at least 4 members (excludes halogenated alkanes) is 1. The Hall–Kier alpha value is -1.81. The predicted octanol–water partition coefficient (Wildman–Crippen LogP) is 3.05. The fourth-order valence-corrected chi connectivity index (χ4v) is 1.97. The zero-order valence-electron chi connectivity index (χ0n) is 11.4. The molecule has 0 saturated heterocycles. The second kappa shape index (κ2) is 6.95. The molecule has 0 radical (unpaired) electrons. The van der Waals surface area contributed by atoms with Crippen LogP contribution in [0.1, 0.15) is 19.8 Å². The van der Waals surface area contributed by atoms with Gasteiger partial charge in [-0.1, -0.05) is 13.3 Å². The van der Waals surface area contributed by atoms with Gasteiger partial charge in [-0.25, -0.2) is 0 Å². The molecule has 0 saturated carbocycles. The molecule has 3 N–H and O–H groups in total. The predicted molar refractivity (Wildman–Crippen MR) is 80.4 cm³/mol. The summed E-state index contributed by atoms with van der Waals surface area (Å²) in [5.74, 6) is 0. The van der Waals surface area contributed by atoms with Crippen molar-refractivity contribution in [2.24, 2.45) is 0 Å². The number of rotatable bonds is 7. The highest BCUT2D eigenvalue weighted by atomic mass is 16.5. The molecule has 4 nitrogen and oxygen atoms in total. The summed E-state index contributed by atoms with van der Waals surface area (Å²) >= 11 is 0. The molecule has 4 heteroatoms. The summed E-state index contributed by atoms with van der Waals surface area (Å²) in [6, 6.07) is 5.85. The zero-order chi connectivity index (χ0) is 13.5. The van der Waals surface area contributed by atoms with Crippen LogP contribution < -0.4 is 11.1 Å². The van der Waals surface area contributed by atoms with E-state index in [-0.39, 0.29) is 0 Å². The lowest BCUT2D eigenvalue weighted by atomic mass is 10.1. The highest BCUT2D eigenvalue weighted by Gasteiger charge is 2.03. The van der Waals surface area contributed by atoms with E-state index in [1.165, 1.54) is 6.42 Å². The summed E-state index contributed by atoms with van der Waals surface area (Å²) in [5.41, 5.74) is 7.79. The Morgan fingerprint density at radius 2 is 2.11 bits per heavy atom.